The Balaban J connectivity index is 2.08. The molecule has 1 N–H and O–H groups in total. The summed E-state index contributed by atoms with van der Waals surface area (Å²) >= 11 is 0. The average Bonchev–Trinajstić information content (AvgIpc) is 2.90. The van der Waals surface area contributed by atoms with Crippen LogP contribution in [0.1, 0.15) is 17.3 Å². The maximum Gasteiger partial charge on any atom is 0.335 e. The minimum atomic E-state index is -0.986. The van der Waals surface area contributed by atoms with Gasteiger partial charge in [0.1, 0.15) is 5.75 Å². The van der Waals surface area contributed by atoms with Gasteiger partial charge in [-0.2, -0.15) is 0 Å². The molecule has 6 nitrogen and oxygen atoms in total. The van der Waals surface area contributed by atoms with E-state index in [2.05, 4.69) is 10.2 Å². The van der Waals surface area contributed by atoms with Gasteiger partial charge in [0.2, 0.25) is 0 Å². The number of rotatable bonds is 4. The first kappa shape index (κ1) is 13.1. The smallest absolute Gasteiger partial charge is 0.335 e. The Morgan fingerprint density at radius 3 is 2.90 bits per heavy atom. The SMILES string of the molecule is CCOc1cccc(-c2nnc3cc(C(=O)O)ccn23)c1. The van der Waals surface area contributed by atoms with Crippen LogP contribution < -0.4 is 4.74 Å². The predicted molar refractivity (Wildman–Crippen MR) is 76.6 cm³/mol. The van der Waals surface area contributed by atoms with Gasteiger partial charge in [0.25, 0.3) is 0 Å². The molecular formula is C15H13N3O3. The van der Waals surface area contributed by atoms with Crippen LogP contribution in [0, 0.1) is 0 Å². The Bertz CT molecular complexity index is 811. The molecule has 2 aromatic heterocycles. The molecule has 3 aromatic rings. The summed E-state index contributed by atoms with van der Waals surface area (Å²) in [6.07, 6.45) is 1.65. The molecule has 0 unspecified atom stereocenters. The van der Waals surface area contributed by atoms with Crippen molar-refractivity contribution in [3.63, 3.8) is 0 Å². The molecule has 3 rings (SSSR count). The van der Waals surface area contributed by atoms with Crippen LogP contribution in [0.2, 0.25) is 0 Å². The molecule has 0 saturated carbocycles. The summed E-state index contributed by atoms with van der Waals surface area (Å²) < 4.78 is 7.22. The van der Waals surface area contributed by atoms with E-state index in [9.17, 15) is 4.79 Å². The van der Waals surface area contributed by atoms with Gasteiger partial charge in [0, 0.05) is 11.8 Å². The number of aromatic carboxylic acids is 1. The van der Waals surface area contributed by atoms with E-state index in [0.29, 0.717) is 18.1 Å². The number of nitrogens with zero attached hydrogens (tertiary/aromatic N) is 3. The largest absolute Gasteiger partial charge is 0.494 e. The molecule has 106 valence electrons. The van der Waals surface area contributed by atoms with Crippen LogP contribution in [-0.2, 0) is 0 Å². The molecule has 0 fully saturated rings. The highest BCUT2D eigenvalue weighted by Gasteiger charge is 2.11. The first-order chi connectivity index (χ1) is 10.2. The monoisotopic (exact) mass is 283 g/mol. The van der Waals surface area contributed by atoms with Crippen molar-refractivity contribution in [2.24, 2.45) is 0 Å². The Hall–Kier alpha value is -2.89. The van der Waals surface area contributed by atoms with Gasteiger partial charge in [-0.05, 0) is 31.2 Å². The fourth-order valence-electron chi connectivity index (χ4n) is 2.11. The molecule has 2 heterocycles. The first-order valence-electron chi connectivity index (χ1n) is 6.50. The summed E-state index contributed by atoms with van der Waals surface area (Å²) in [6, 6.07) is 10.6. The van der Waals surface area contributed by atoms with E-state index in [1.54, 1.807) is 10.6 Å². The van der Waals surface area contributed by atoms with Crippen LogP contribution in [0.15, 0.2) is 42.6 Å². The van der Waals surface area contributed by atoms with Gasteiger partial charge in [-0.25, -0.2) is 4.79 Å². The zero-order valence-electron chi connectivity index (χ0n) is 11.4. The van der Waals surface area contributed by atoms with Crippen molar-refractivity contribution < 1.29 is 14.6 Å². The molecule has 1 aromatic carbocycles. The molecule has 0 bridgehead atoms. The Kier molecular flexibility index (Phi) is 3.27. The maximum absolute atomic E-state index is 11.0. The second-order valence-corrected chi connectivity index (χ2v) is 4.43. The van der Waals surface area contributed by atoms with Crippen molar-refractivity contribution in [3.05, 3.63) is 48.2 Å². The number of ether oxygens (including phenoxy) is 1. The second-order valence-electron chi connectivity index (χ2n) is 4.43. The minimum Gasteiger partial charge on any atom is -0.494 e. The second kappa shape index (κ2) is 5.24. The highest BCUT2D eigenvalue weighted by molar-refractivity contribution is 5.88. The third-order valence-electron chi connectivity index (χ3n) is 3.06. The van der Waals surface area contributed by atoms with E-state index >= 15 is 0 Å². The van der Waals surface area contributed by atoms with Crippen molar-refractivity contribution in [3.8, 4) is 17.1 Å². The molecule has 0 saturated heterocycles. The van der Waals surface area contributed by atoms with Crippen molar-refractivity contribution >= 4 is 11.6 Å². The first-order valence-corrected chi connectivity index (χ1v) is 6.50. The van der Waals surface area contributed by atoms with E-state index in [-0.39, 0.29) is 5.56 Å². The number of carboxylic acids is 1. The number of hydrogen-bond donors (Lipinski definition) is 1. The fourth-order valence-corrected chi connectivity index (χ4v) is 2.11. The Morgan fingerprint density at radius 1 is 1.29 bits per heavy atom. The summed E-state index contributed by atoms with van der Waals surface area (Å²) in [4.78, 5) is 11.0. The van der Waals surface area contributed by atoms with E-state index in [1.165, 1.54) is 12.1 Å². The van der Waals surface area contributed by atoms with E-state index in [1.807, 2.05) is 31.2 Å². The van der Waals surface area contributed by atoms with Gasteiger partial charge in [-0.1, -0.05) is 12.1 Å². The van der Waals surface area contributed by atoms with Crippen LogP contribution in [0.4, 0.5) is 0 Å². The average molecular weight is 283 g/mol. The van der Waals surface area contributed by atoms with Crippen LogP contribution in [0.25, 0.3) is 17.0 Å². The van der Waals surface area contributed by atoms with Crippen molar-refractivity contribution in [1.82, 2.24) is 14.6 Å². The zero-order valence-corrected chi connectivity index (χ0v) is 11.4. The molecule has 0 aliphatic carbocycles. The van der Waals surface area contributed by atoms with E-state index in [0.717, 1.165) is 11.3 Å². The lowest BCUT2D eigenvalue weighted by molar-refractivity contribution is 0.0697. The molecular weight excluding hydrogens is 270 g/mol. The van der Waals surface area contributed by atoms with Gasteiger partial charge in [-0.15, -0.1) is 10.2 Å². The number of hydrogen-bond acceptors (Lipinski definition) is 4. The van der Waals surface area contributed by atoms with Gasteiger partial charge >= 0.3 is 5.97 Å². The van der Waals surface area contributed by atoms with Crippen LogP contribution >= 0.6 is 0 Å². The van der Waals surface area contributed by atoms with E-state index in [4.69, 9.17) is 9.84 Å². The molecule has 0 amide bonds. The van der Waals surface area contributed by atoms with Gasteiger partial charge in [0.05, 0.1) is 12.2 Å². The summed E-state index contributed by atoms with van der Waals surface area (Å²) in [5.74, 6) is 0.415. The van der Waals surface area contributed by atoms with Crippen molar-refractivity contribution in [2.75, 3.05) is 6.61 Å². The number of carboxylic acid groups (broad SMARTS) is 1. The lowest BCUT2D eigenvalue weighted by atomic mass is 10.2. The Labute approximate surface area is 120 Å². The molecule has 0 atom stereocenters. The molecule has 21 heavy (non-hydrogen) atoms. The summed E-state index contributed by atoms with van der Waals surface area (Å²) in [5, 5.41) is 17.1. The number of fused-ring (bicyclic) bond motifs is 1. The third kappa shape index (κ3) is 2.43. The molecule has 0 spiro atoms. The predicted octanol–water partition coefficient (Wildman–Crippen LogP) is 2.49. The van der Waals surface area contributed by atoms with E-state index < -0.39 is 5.97 Å². The topological polar surface area (TPSA) is 76.7 Å². The van der Waals surface area contributed by atoms with Crippen LogP contribution in [0.3, 0.4) is 0 Å². The summed E-state index contributed by atoms with van der Waals surface area (Å²) in [7, 11) is 0. The normalized spacial score (nSPS) is 10.7. The van der Waals surface area contributed by atoms with Crippen LogP contribution in [0.5, 0.6) is 5.75 Å². The molecule has 0 aliphatic rings. The number of pyridine rings is 1. The third-order valence-corrected chi connectivity index (χ3v) is 3.06. The van der Waals surface area contributed by atoms with Crippen molar-refractivity contribution in [1.29, 1.82) is 0 Å². The summed E-state index contributed by atoms with van der Waals surface area (Å²) in [5.41, 5.74) is 1.53. The molecule has 0 radical (unpaired) electrons. The quantitative estimate of drug-likeness (QED) is 0.796. The van der Waals surface area contributed by atoms with Crippen LogP contribution in [-0.4, -0.2) is 32.3 Å². The number of benzene rings is 1. The van der Waals surface area contributed by atoms with Gasteiger partial charge < -0.3 is 9.84 Å². The highest BCUT2D eigenvalue weighted by atomic mass is 16.5. The van der Waals surface area contributed by atoms with Gasteiger partial charge in [-0.3, -0.25) is 4.40 Å². The number of carbonyl (C=O) groups is 1. The lowest BCUT2D eigenvalue weighted by Crippen LogP contribution is -1.98. The van der Waals surface area contributed by atoms with Gasteiger partial charge in [0.15, 0.2) is 11.5 Å². The standard InChI is InChI=1S/C15H13N3O3/c1-2-21-12-5-3-4-10(8-12)14-17-16-13-9-11(15(19)20)6-7-18(13)14/h3-9H,2H2,1H3,(H,19,20). The molecule has 0 aliphatic heterocycles. The lowest BCUT2D eigenvalue weighted by Gasteiger charge is -2.05. The molecule has 6 heteroatoms. The summed E-state index contributed by atoms with van der Waals surface area (Å²) in [6.45, 7) is 2.51. The van der Waals surface area contributed by atoms with Crippen molar-refractivity contribution in [2.45, 2.75) is 6.92 Å². The highest BCUT2D eigenvalue weighted by Crippen LogP contribution is 2.23. The minimum absolute atomic E-state index is 0.185. The fraction of sp³-hybridized carbons (Fsp3) is 0.133. The zero-order chi connectivity index (χ0) is 14.8. The number of aromatic nitrogens is 3. The maximum atomic E-state index is 11.0. The Morgan fingerprint density at radius 2 is 2.14 bits per heavy atom.